The zero-order valence-electron chi connectivity index (χ0n) is 73.4. The Morgan fingerprint density at radius 1 is 0.232 bits per heavy atom. The molecule has 16 bridgehead atoms. The van der Waals surface area contributed by atoms with Crippen molar-refractivity contribution in [2.75, 3.05) is 93.5 Å². The monoisotopic (exact) mass is 2130 g/mol. The van der Waals surface area contributed by atoms with Crippen molar-refractivity contribution in [2.45, 2.75) is 291 Å². The first kappa shape index (κ1) is 114. The highest BCUT2D eigenvalue weighted by Crippen LogP contribution is 2.46. The molecule has 23 N–H and O–H groups in total. The Morgan fingerprint density at radius 2 is 0.384 bits per heavy atom. The largest absolute Gasteiger partial charge is 0.481 e. The number of benzene rings is 2. The molecule has 1 unspecified atom stereocenters. The van der Waals surface area contributed by atoms with Gasteiger partial charge in [0.05, 0.1) is 94.3 Å². The number of aliphatic hydroxyl groups excluding tert-OH is 16. The van der Waals surface area contributed by atoms with Crippen LogP contribution in [0.2, 0.25) is 0 Å². The maximum absolute atomic E-state index is 15.5. The fraction of sp³-hybridized carbons (Fsp3) is 0.768. The fourth-order valence-electron chi connectivity index (χ4n) is 16.2. The molecular formula is C82H119O48PS7. The van der Waals surface area contributed by atoms with Gasteiger partial charge in [-0.05, 0) is 0 Å². The predicted molar refractivity (Wildman–Crippen MR) is 482 cm³/mol. The Labute approximate surface area is 817 Å². The first-order valence-corrected chi connectivity index (χ1v) is 53.9. The summed E-state index contributed by atoms with van der Waals surface area (Å²) in [5.74, 6) is -12.7. The number of carboxylic acid groups (broad SMARTS) is 7. The minimum Gasteiger partial charge on any atom is -0.481 e. The lowest BCUT2D eigenvalue weighted by molar-refractivity contribution is -0.397. The van der Waals surface area contributed by atoms with Gasteiger partial charge in [-0.1, -0.05) is 60.7 Å². The summed E-state index contributed by atoms with van der Waals surface area (Å²) in [6.07, 6.45) is -87.4. The first-order chi connectivity index (χ1) is 65.7. The number of thioether (sulfide) groups is 7. The molecule has 0 radical (unpaired) electrons. The van der Waals surface area contributed by atoms with Crippen LogP contribution in [0.25, 0.3) is 0 Å². The summed E-state index contributed by atoms with van der Waals surface area (Å²) in [4.78, 5) is 83.2. The number of carboxylic acids is 7. The van der Waals surface area contributed by atoms with E-state index in [1.165, 1.54) is 0 Å². The number of carbonyl (C=O) groups is 7. The van der Waals surface area contributed by atoms with E-state index in [1.54, 1.807) is 60.7 Å². The number of aliphatic hydroxyl groups is 16. The van der Waals surface area contributed by atoms with Gasteiger partial charge < -0.3 is 203 Å². The normalized spacial score (nSPS) is 39.4. The molecule has 32 rings (SSSR count). The van der Waals surface area contributed by atoms with E-state index in [4.69, 9.17) is 80.5 Å². The van der Waals surface area contributed by atoms with Gasteiger partial charge in [-0.2, -0.15) is 82.3 Å². The van der Waals surface area contributed by atoms with E-state index in [0.29, 0.717) is 10.6 Å². The number of hydrogen-bond acceptors (Lipinski definition) is 48. The quantitative estimate of drug-likeness (QED) is 0.0218. The summed E-state index contributed by atoms with van der Waals surface area (Å²) < 4.78 is 123. The van der Waals surface area contributed by atoms with Crippen molar-refractivity contribution in [1.82, 2.24) is 0 Å². The summed E-state index contributed by atoms with van der Waals surface area (Å²) in [6.45, 7) is -0.816. The van der Waals surface area contributed by atoms with Crippen LogP contribution < -0.4 is 10.6 Å². The Balaban J connectivity index is 0.985. The summed E-state index contributed by atoms with van der Waals surface area (Å²) in [6, 6.07) is 16.1. The van der Waals surface area contributed by atoms with Crippen molar-refractivity contribution in [2.24, 2.45) is 0 Å². The minimum atomic E-state index is -3.85. The molecule has 40 atom stereocenters. The third-order valence-corrected chi connectivity index (χ3v) is 33.8. The third kappa shape index (κ3) is 30.7. The van der Waals surface area contributed by atoms with E-state index < -0.39 is 375 Å². The van der Waals surface area contributed by atoms with Gasteiger partial charge in [0.2, 0.25) is 0 Å². The summed E-state index contributed by atoms with van der Waals surface area (Å²) >= 11 is 6.16. The first-order valence-electron chi connectivity index (χ1n) is 44.0. The highest BCUT2D eigenvalue weighted by atomic mass is 32.2. The van der Waals surface area contributed by atoms with Gasteiger partial charge in [0, 0.05) is 91.1 Å². The number of ether oxygens (including phenoxy) is 17. The Bertz CT molecular complexity index is 3990. The van der Waals surface area contributed by atoms with Gasteiger partial charge in [-0.15, -0.1) is 0 Å². The van der Waals surface area contributed by atoms with E-state index in [0.717, 1.165) is 82.3 Å². The average molecular weight is 2130 g/mol. The summed E-state index contributed by atoms with van der Waals surface area (Å²) in [5, 5.41) is 266. The molecular weight excluding hydrogens is 2010 g/mol. The highest BCUT2D eigenvalue weighted by Gasteiger charge is 2.61. The van der Waals surface area contributed by atoms with Crippen molar-refractivity contribution in [3.63, 3.8) is 0 Å². The standard InChI is InChI=1S/C82H119O48PS7/c83-44(84)11-18-132-26-37-68-53(99)61(107)77(117-37)126-70-39(28-134-20-13-46(87)88)119-79(63(109)55(70)101)128-72-41(30-136-22-15-48(91)92)121-81(65(111)57(72)103)130-74-43(32-138-24-17-50(95)96)122-82(66(112)58(74)104)129-73-42(31-137-23-16-49(93)94)120-80(64(110)56(73)102)127-71-40(29-135-21-14-47(89)90)118-78(62(108)54(71)100)125-69-38(27-133-19-12-45(85)86)116-76(60(106)52(69)98)123-67-36(115-75(124-68)59(105)51(67)97)25-114-33-131(113,34-7-3-1-4-8-34)35-9-5-2-6-10-35/h1-10,36-43,51-82,97-112H,11-33H2,(H,83,84)(H,85,86)(H,87,88)(H,89,90)(H,91,92)(H,93,94)(H,95,96)/t36?,37-,38-,39-,40-,41-,42-,43-,51-,52-,53-,54-,55-,56-,57-,58-,59-,60-,61-,62-,63-,64-,65-,66-,67-,68-,69-,70-,71-,72-,73-,74-,75-,76-,77-,78-,79-,80-,81-,82-/m1/s1. The summed E-state index contributed by atoms with van der Waals surface area (Å²) in [5.41, 5.74) is 0. The minimum absolute atomic E-state index is 0.161. The van der Waals surface area contributed by atoms with Gasteiger partial charge in [0.25, 0.3) is 0 Å². The van der Waals surface area contributed by atoms with Crippen LogP contribution in [0.3, 0.4) is 0 Å². The zero-order valence-corrected chi connectivity index (χ0v) is 80.0. The van der Waals surface area contributed by atoms with E-state index in [2.05, 4.69) is 0 Å². The lowest BCUT2D eigenvalue weighted by Crippen LogP contribution is -2.69. The van der Waals surface area contributed by atoms with Crippen LogP contribution in [-0.2, 0) is 119 Å². The molecule has 48 nitrogen and oxygen atoms in total. The number of rotatable bonds is 41. The van der Waals surface area contributed by atoms with Crippen LogP contribution in [0.4, 0.5) is 0 Å². The highest BCUT2D eigenvalue weighted by molar-refractivity contribution is 8.00. The zero-order chi connectivity index (χ0) is 100. The number of hydrogen-bond donors (Lipinski definition) is 23. The second kappa shape index (κ2) is 54.7. The Morgan fingerprint density at radius 3 is 0.543 bits per heavy atom. The molecule has 30 aliphatic rings. The third-order valence-electron chi connectivity index (χ3n) is 23.6. The molecule has 30 fully saturated rings. The maximum atomic E-state index is 15.5. The predicted octanol–water partition coefficient (Wildman–Crippen LogP) is -5.90. The molecule has 0 spiro atoms. The Kier molecular flexibility index (Phi) is 45.3. The van der Waals surface area contributed by atoms with Crippen molar-refractivity contribution in [3.8, 4) is 0 Å². The molecule has 0 amide bonds. The van der Waals surface area contributed by atoms with Gasteiger partial charge in [0.15, 0.2) is 57.5 Å². The smallest absolute Gasteiger partial charge is 0.304 e. The van der Waals surface area contributed by atoms with Gasteiger partial charge >= 0.3 is 41.8 Å². The molecule has 2 aromatic rings. The van der Waals surface area contributed by atoms with Crippen LogP contribution in [0.1, 0.15) is 44.9 Å². The van der Waals surface area contributed by atoms with Crippen molar-refractivity contribution in [1.29, 1.82) is 0 Å². The molecule has 56 heteroatoms. The molecule has 30 aliphatic heterocycles. The van der Waals surface area contributed by atoms with Gasteiger partial charge in [0.1, 0.15) is 159 Å². The van der Waals surface area contributed by atoms with E-state index >= 15 is 4.57 Å². The molecule has 0 saturated carbocycles. The lowest BCUT2D eigenvalue weighted by atomic mass is 9.95. The van der Waals surface area contributed by atoms with E-state index in [1.807, 2.05) is 0 Å². The van der Waals surface area contributed by atoms with Crippen LogP contribution in [0.15, 0.2) is 60.7 Å². The maximum Gasteiger partial charge on any atom is 0.304 e. The SMILES string of the molecule is O=C(O)CCSC[C@H]1O[C@@H]2O[C@H]3[C@H](O)[C@@H](O)[C@@H](O[C@H]4[C@H](O)[C@@H](O)[C@@H](O[C@H]5[C@H](O)[C@@H](O)[C@@H](O[C@@H]6C(COCP(=O)(c7ccccc7)c7ccccc7)O[C@H](O[C@H]7[C@H](O)[C@@H](O)[C@@H](O[C@H]8[C@H](O)[C@@H](O)[C@@H](O[C@H]9[C@H](O)[C@@H](O)[C@@H](O[C@H]1[C@H](O)[C@H]2O)O[C@@H]9CSCCC(=O)O)O[C@@H]8CSCCC(=O)O)O[C@@H]7CSCCC(=O)O)[C@H](O)[C@H]6O)O[C@@H]5CSCCC(=O)O)O[C@@H]4CSCCC(=O)O)O[C@@H]3CSCCC(=O)O. The van der Waals surface area contributed by atoms with Crippen molar-refractivity contribution >= 4 is 142 Å². The van der Waals surface area contributed by atoms with E-state index in [9.17, 15) is 151 Å². The molecule has 138 heavy (non-hydrogen) atoms. The van der Waals surface area contributed by atoms with E-state index in [-0.39, 0.29) is 57.5 Å². The van der Waals surface area contributed by atoms with Crippen LogP contribution in [0, 0.1) is 0 Å². The summed E-state index contributed by atoms with van der Waals surface area (Å²) in [7, 11) is -3.85. The molecule has 30 heterocycles. The van der Waals surface area contributed by atoms with Gasteiger partial charge in [-0.25, -0.2) is 0 Å². The molecule has 2 aromatic carbocycles. The number of aliphatic carboxylic acids is 7. The average Bonchev–Trinajstić information content (AvgIpc) is 0.766. The van der Waals surface area contributed by atoms with Crippen LogP contribution >= 0.6 is 89.5 Å². The van der Waals surface area contributed by atoms with Gasteiger partial charge in [-0.3, -0.25) is 33.6 Å². The van der Waals surface area contributed by atoms with Crippen LogP contribution in [-0.4, -0.2) is 498 Å². The van der Waals surface area contributed by atoms with Crippen molar-refractivity contribution < 1.29 is 236 Å². The lowest BCUT2D eigenvalue weighted by Gasteiger charge is -2.51. The molecule has 0 aromatic heterocycles. The van der Waals surface area contributed by atoms with Crippen molar-refractivity contribution in [3.05, 3.63) is 60.7 Å². The molecule has 782 valence electrons. The second-order valence-electron chi connectivity index (χ2n) is 33.4. The fourth-order valence-corrected chi connectivity index (χ4v) is 25.4. The Hall–Kier alpha value is -3.91. The van der Waals surface area contributed by atoms with Crippen LogP contribution in [0.5, 0.6) is 0 Å². The molecule has 0 aliphatic carbocycles. The molecule has 30 saturated heterocycles. The second-order valence-corrected chi connectivity index (χ2v) is 44.3. The topological polar surface area (TPSA) is 759 Å².